The summed E-state index contributed by atoms with van der Waals surface area (Å²) in [6.45, 7) is 8.63. The van der Waals surface area contributed by atoms with E-state index in [0.29, 0.717) is 11.5 Å². The van der Waals surface area contributed by atoms with E-state index < -0.39 is 11.5 Å². The summed E-state index contributed by atoms with van der Waals surface area (Å²) < 4.78 is 16.5. The second-order valence-corrected chi connectivity index (χ2v) is 6.77. The second kappa shape index (κ2) is 9.12. The van der Waals surface area contributed by atoms with E-state index in [4.69, 9.17) is 19.4 Å². The van der Waals surface area contributed by atoms with Crippen molar-refractivity contribution in [3.63, 3.8) is 0 Å². The van der Waals surface area contributed by atoms with Gasteiger partial charge in [-0.25, -0.2) is 0 Å². The fourth-order valence-corrected chi connectivity index (χ4v) is 3.53. The largest absolute Gasteiger partial charge is 0.463 e. The van der Waals surface area contributed by atoms with Gasteiger partial charge in [0, 0.05) is 19.8 Å². The molecule has 1 aliphatic rings. The van der Waals surface area contributed by atoms with Gasteiger partial charge in [0.1, 0.15) is 23.2 Å². The van der Waals surface area contributed by atoms with E-state index in [1.165, 1.54) is 25.6 Å². The van der Waals surface area contributed by atoms with Crippen molar-refractivity contribution in [1.29, 1.82) is 0 Å². The van der Waals surface area contributed by atoms with Crippen molar-refractivity contribution in [2.45, 2.75) is 58.7 Å². The normalized spacial score (nSPS) is 31.5. The maximum atomic E-state index is 11.4. The molecule has 1 fully saturated rings. The van der Waals surface area contributed by atoms with Crippen molar-refractivity contribution in [3.8, 4) is 0 Å². The number of carbonyl (C=O) groups is 2. The van der Waals surface area contributed by atoms with Gasteiger partial charge in [0.25, 0.3) is 0 Å². The molecule has 5 atom stereocenters. The van der Waals surface area contributed by atoms with Crippen LogP contribution in [0.5, 0.6) is 0 Å². The molecule has 1 aliphatic heterocycles. The van der Waals surface area contributed by atoms with Crippen molar-refractivity contribution in [3.05, 3.63) is 0 Å². The molecule has 7 nitrogen and oxygen atoms in total. The maximum absolute atomic E-state index is 11.4. The third-order valence-corrected chi connectivity index (χ3v) is 5.18. The van der Waals surface area contributed by atoms with Gasteiger partial charge >= 0.3 is 11.9 Å². The monoisotopic (exact) mass is 347 g/mol. The molecule has 0 aromatic rings. The van der Waals surface area contributed by atoms with Gasteiger partial charge in [-0.2, -0.15) is 0 Å². The molecule has 0 saturated carbocycles. The Hall–Kier alpha value is -1.28. The third kappa shape index (κ3) is 5.69. The lowest BCUT2D eigenvalue weighted by Crippen LogP contribution is -2.51. The van der Waals surface area contributed by atoms with Crippen LogP contribution in [-0.4, -0.2) is 46.4 Å². The fourth-order valence-electron chi connectivity index (χ4n) is 2.41. The summed E-state index contributed by atoms with van der Waals surface area (Å²) in [5.74, 6) is -0.721. The molecule has 8 heteroatoms. The average Bonchev–Trinajstić information content (AvgIpc) is 2.49. The lowest BCUT2D eigenvalue weighted by Gasteiger charge is -2.43. The van der Waals surface area contributed by atoms with Crippen LogP contribution in [0.1, 0.15) is 41.0 Å². The molecule has 0 aromatic carbocycles. The lowest BCUT2D eigenvalue weighted by atomic mass is 9.84. The van der Waals surface area contributed by atoms with E-state index in [2.05, 4.69) is 5.16 Å². The third-order valence-electron chi connectivity index (χ3n) is 3.93. The Bertz CT molecular complexity index is 453. The van der Waals surface area contributed by atoms with E-state index in [0.717, 1.165) is 0 Å². The van der Waals surface area contributed by atoms with E-state index in [1.54, 1.807) is 0 Å². The topological polar surface area (TPSA) is 94.4 Å². The molecule has 1 N–H and O–H groups in total. The van der Waals surface area contributed by atoms with Crippen LogP contribution in [0.3, 0.4) is 0 Å². The Morgan fingerprint density at radius 3 is 2.35 bits per heavy atom. The molecule has 23 heavy (non-hydrogen) atoms. The van der Waals surface area contributed by atoms with Gasteiger partial charge in [0.05, 0.1) is 6.10 Å². The number of hydrogen-bond donors (Lipinski definition) is 1. The Balaban J connectivity index is 2.92. The summed E-state index contributed by atoms with van der Waals surface area (Å²) >= 11 is 1.22. The molecule has 132 valence electrons. The predicted octanol–water partition coefficient (Wildman–Crippen LogP) is 2.41. The van der Waals surface area contributed by atoms with E-state index in [-0.39, 0.29) is 36.5 Å². The van der Waals surface area contributed by atoms with Crippen LogP contribution in [0.4, 0.5) is 0 Å². The van der Waals surface area contributed by atoms with Crippen LogP contribution in [-0.2, 0) is 23.8 Å². The summed E-state index contributed by atoms with van der Waals surface area (Å²) in [4.78, 5) is 22.4. The number of rotatable bonds is 5. The first-order valence-corrected chi connectivity index (χ1v) is 8.51. The van der Waals surface area contributed by atoms with Gasteiger partial charge in [-0.1, -0.05) is 37.7 Å². The zero-order chi connectivity index (χ0) is 17.6. The van der Waals surface area contributed by atoms with Crippen LogP contribution in [0.2, 0.25) is 0 Å². The zero-order valence-electron chi connectivity index (χ0n) is 14.1. The second-order valence-electron chi connectivity index (χ2n) is 5.60. The fraction of sp³-hybridized carbons (Fsp3) is 0.800. The lowest BCUT2D eigenvalue weighted by molar-refractivity contribution is -0.184. The molecule has 0 spiro atoms. The quantitative estimate of drug-likeness (QED) is 0.268. The van der Waals surface area contributed by atoms with Crippen LogP contribution < -0.4 is 0 Å². The molecular formula is C15H25NO6S. The van der Waals surface area contributed by atoms with Gasteiger partial charge in [-0.15, -0.1) is 0 Å². The molecule has 1 rings (SSSR count). The predicted molar refractivity (Wildman–Crippen MR) is 86.3 cm³/mol. The maximum Gasteiger partial charge on any atom is 0.303 e. The molecule has 1 heterocycles. The number of esters is 2. The van der Waals surface area contributed by atoms with E-state index in [1.807, 2.05) is 20.8 Å². The van der Waals surface area contributed by atoms with Crippen LogP contribution in [0, 0.1) is 11.8 Å². The zero-order valence-corrected chi connectivity index (χ0v) is 15.0. The number of thioether (sulfide) groups is 1. The summed E-state index contributed by atoms with van der Waals surface area (Å²) in [7, 11) is 0. The Kier molecular flexibility index (Phi) is 7.84. The first kappa shape index (κ1) is 19.8. The first-order valence-electron chi connectivity index (χ1n) is 7.63. The van der Waals surface area contributed by atoms with Gasteiger partial charge in [0.15, 0.2) is 0 Å². The Morgan fingerprint density at radius 2 is 1.87 bits per heavy atom. The average molecular weight is 347 g/mol. The van der Waals surface area contributed by atoms with Crippen molar-refractivity contribution in [2.75, 3.05) is 6.61 Å². The summed E-state index contributed by atoms with van der Waals surface area (Å²) in [5, 5.41) is 12.7. The Morgan fingerprint density at radius 1 is 1.22 bits per heavy atom. The molecule has 0 aliphatic carbocycles. The van der Waals surface area contributed by atoms with Crippen LogP contribution >= 0.6 is 11.8 Å². The number of hydrogen-bond acceptors (Lipinski definition) is 8. The first-order chi connectivity index (χ1) is 10.8. The molecular weight excluding hydrogens is 322 g/mol. The standard InChI is InChI=1S/C15H25NO6S/c1-6-13(16-19)23-15-14(21-11(5)18)9(3)8(2)12(22-15)7-20-10(4)17/h8-9,12,14-15,19H,6-7H2,1-5H3/b16-13-/t8-,9-,12?,14?,15-/m0/s1. The van der Waals surface area contributed by atoms with Gasteiger partial charge in [-0.05, 0) is 12.3 Å². The number of carbonyl (C=O) groups excluding carboxylic acids is 2. The van der Waals surface area contributed by atoms with Crippen molar-refractivity contribution in [2.24, 2.45) is 17.0 Å². The number of ether oxygens (including phenoxy) is 3. The summed E-state index contributed by atoms with van der Waals surface area (Å²) in [6.07, 6.45) is -0.244. The van der Waals surface area contributed by atoms with Crippen molar-refractivity contribution >= 4 is 28.7 Å². The minimum absolute atomic E-state index is 0.00232. The van der Waals surface area contributed by atoms with Gasteiger partial charge in [-0.3, -0.25) is 9.59 Å². The van der Waals surface area contributed by atoms with E-state index >= 15 is 0 Å². The Labute approximate surface area is 140 Å². The minimum Gasteiger partial charge on any atom is -0.463 e. The highest BCUT2D eigenvalue weighted by Gasteiger charge is 2.44. The SMILES string of the molecule is CC/C(=N/O)S[C@@H]1OC(COC(C)=O)[C@@H](C)[C@H](C)C1OC(C)=O. The highest BCUT2D eigenvalue weighted by molar-refractivity contribution is 8.14. The van der Waals surface area contributed by atoms with Crippen molar-refractivity contribution in [1.82, 2.24) is 0 Å². The summed E-state index contributed by atoms with van der Waals surface area (Å²) in [5.41, 5.74) is -0.517. The molecule has 2 unspecified atom stereocenters. The summed E-state index contributed by atoms with van der Waals surface area (Å²) in [6, 6.07) is 0. The van der Waals surface area contributed by atoms with Gasteiger partial charge < -0.3 is 19.4 Å². The number of nitrogens with zero attached hydrogens (tertiary/aromatic N) is 1. The van der Waals surface area contributed by atoms with Crippen molar-refractivity contribution < 1.29 is 29.0 Å². The number of oxime groups is 1. The molecule has 0 bridgehead atoms. The van der Waals surface area contributed by atoms with E-state index in [9.17, 15) is 9.59 Å². The van der Waals surface area contributed by atoms with Crippen LogP contribution in [0.25, 0.3) is 0 Å². The molecule has 0 aromatic heterocycles. The molecule has 1 saturated heterocycles. The molecule has 0 radical (unpaired) electrons. The highest BCUT2D eigenvalue weighted by atomic mass is 32.2. The highest BCUT2D eigenvalue weighted by Crippen LogP contribution is 2.38. The van der Waals surface area contributed by atoms with Crippen LogP contribution in [0.15, 0.2) is 5.16 Å². The minimum atomic E-state index is -0.517. The van der Waals surface area contributed by atoms with Gasteiger partial charge in [0.2, 0.25) is 0 Å². The smallest absolute Gasteiger partial charge is 0.303 e. The molecule has 0 amide bonds.